The van der Waals surface area contributed by atoms with Crippen LogP contribution in [0.2, 0.25) is 0 Å². The van der Waals surface area contributed by atoms with E-state index in [9.17, 15) is 8.42 Å². The van der Waals surface area contributed by atoms with E-state index in [-0.39, 0.29) is 5.75 Å². The number of aryl methyl sites for hydroxylation is 1. The molecule has 0 saturated heterocycles. The van der Waals surface area contributed by atoms with Gasteiger partial charge in [0.05, 0.1) is 5.75 Å². The minimum absolute atomic E-state index is 0.0287. The van der Waals surface area contributed by atoms with E-state index in [1.165, 1.54) is 0 Å². The van der Waals surface area contributed by atoms with Crippen molar-refractivity contribution in [1.29, 1.82) is 0 Å². The SMILES string of the molecule is Cn1cccc1CCNS(=O)(=O)Cc1ccccc1. The molecular weight excluding hydrogens is 260 g/mol. The second-order valence-corrected chi connectivity index (χ2v) is 6.31. The summed E-state index contributed by atoms with van der Waals surface area (Å²) in [5, 5.41) is 0. The molecule has 0 aliphatic heterocycles. The van der Waals surface area contributed by atoms with Crippen molar-refractivity contribution in [3.05, 3.63) is 59.9 Å². The molecule has 1 N–H and O–H groups in total. The van der Waals surface area contributed by atoms with Gasteiger partial charge in [-0.25, -0.2) is 13.1 Å². The lowest BCUT2D eigenvalue weighted by molar-refractivity contribution is 0.580. The van der Waals surface area contributed by atoms with Crippen molar-refractivity contribution in [1.82, 2.24) is 9.29 Å². The maximum absolute atomic E-state index is 11.9. The van der Waals surface area contributed by atoms with Gasteiger partial charge in [-0.1, -0.05) is 30.3 Å². The fourth-order valence-corrected chi connectivity index (χ4v) is 3.08. The van der Waals surface area contributed by atoms with Gasteiger partial charge in [0.25, 0.3) is 0 Å². The van der Waals surface area contributed by atoms with E-state index in [2.05, 4.69) is 4.72 Å². The van der Waals surface area contributed by atoms with E-state index >= 15 is 0 Å². The van der Waals surface area contributed by atoms with E-state index in [0.717, 1.165) is 11.3 Å². The van der Waals surface area contributed by atoms with Gasteiger partial charge in [0.15, 0.2) is 0 Å². The Bertz CT molecular complexity index is 618. The van der Waals surface area contributed by atoms with Crippen molar-refractivity contribution >= 4 is 10.0 Å². The van der Waals surface area contributed by atoms with Gasteiger partial charge in [-0.3, -0.25) is 0 Å². The average Bonchev–Trinajstić information content (AvgIpc) is 2.76. The topological polar surface area (TPSA) is 51.1 Å². The summed E-state index contributed by atoms with van der Waals surface area (Å²) in [5.74, 6) is 0.0287. The zero-order valence-corrected chi connectivity index (χ0v) is 11.7. The zero-order valence-electron chi connectivity index (χ0n) is 10.9. The molecule has 1 aromatic carbocycles. The lowest BCUT2D eigenvalue weighted by Crippen LogP contribution is -2.27. The smallest absolute Gasteiger partial charge is 0.215 e. The summed E-state index contributed by atoms with van der Waals surface area (Å²) in [7, 11) is -1.31. The lowest BCUT2D eigenvalue weighted by Gasteiger charge is -2.07. The minimum atomic E-state index is -3.26. The second kappa shape index (κ2) is 6.04. The standard InChI is InChI=1S/C14H18N2O2S/c1-16-11-5-8-14(16)9-10-15-19(17,18)12-13-6-3-2-4-7-13/h2-8,11,15H,9-10,12H2,1H3. The molecule has 1 heterocycles. The molecule has 0 saturated carbocycles. The molecule has 0 radical (unpaired) electrons. The fourth-order valence-electron chi connectivity index (χ4n) is 1.94. The fraction of sp³-hybridized carbons (Fsp3) is 0.286. The zero-order chi connectivity index (χ0) is 13.7. The van der Waals surface area contributed by atoms with Crippen LogP contribution in [0.1, 0.15) is 11.3 Å². The van der Waals surface area contributed by atoms with Gasteiger partial charge in [0, 0.05) is 31.9 Å². The lowest BCUT2D eigenvalue weighted by atomic mass is 10.2. The Morgan fingerprint density at radius 1 is 1.11 bits per heavy atom. The Kier molecular flexibility index (Phi) is 4.39. The molecule has 102 valence electrons. The summed E-state index contributed by atoms with van der Waals surface area (Å²) in [6.45, 7) is 0.424. The summed E-state index contributed by atoms with van der Waals surface area (Å²) in [5.41, 5.74) is 1.91. The molecule has 2 aromatic rings. The number of hydrogen-bond donors (Lipinski definition) is 1. The van der Waals surface area contributed by atoms with Crippen LogP contribution in [0.25, 0.3) is 0 Å². The summed E-state index contributed by atoms with van der Waals surface area (Å²) < 4.78 is 28.4. The largest absolute Gasteiger partial charge is 0.354 e. The molecule has 19 heavy (non-hydrogen) atoms. The number of benzene rings is 1. The quantitative estimate of drug-likeness (QED) is 0.874. The van der Waals surface area contributed by atoms with Crippen molar-refractivity contribution in [2.45, 2.75) is 12.2 Å². The van der Waals surface area contributed by atoms with Gasteiger partial charge in [-0.2, -0.15) is 0 Å². The van der Waals surface area contributed by atoms with Crippen LogP contribution in [0.4, 0.5) is 0 Å². The summed E-state index contributed by atoms with van der Waals surface area (Å²) in [6.07, 6.45) is 2.64. The van der Waals surface area contributed by atoms with Crippen LogP contribution in [-0.2, 0) is 29.2 Å². The highest BCUT2D eigenvalue weighted by Crippen LogP contribution is 2.04. The maximum Gasteiger partial charge on any atom is 0.215 e. The van der Waals surface area contributed by atoms with Crippen LogP contribution in [0.15, 0.2) is 48.7 Å². The Morgan fingerprint density at radius 2 is 1.84 bits per heavy atom. The highest BCUT2D eigenvalue weighted by molar-refractivity contribution is 7.88. The second-order valence-electron chi connectivity index (χ2n) is 4.50. The van der Waals surface area contributed by atoms with Crippen LogP contribution >= 0.6 is 0 Å². The number of hydrogen-bond acceptors (Lipinski definition) is 2. The minimum Gasteiger partial charge on any atom is -0.354 e. The molecule has 0 aliphatic carbocycles. The van der Waals surface area contributed by atoms with Crippen molar-refractivity contribution in [2.24, 2.45) is 7.05 Å². The molecule has 0 unspecified atom stereocenters. The van der Waals surface area contributed by atoms with Crippen LogP contribution in [0.5, 0.6) is 0 Å². The van der Waals surface area contributed by atoms with E-state index in [0.29, 0.717) is 13.0 Å². The third-order valence-corrected chi connectivity index (χ3v) is 4.31. The van der Waals surface area contributed by atoms with E-state index < -0.39 is 10.0 Å². The molecule has 0 atom stereocenters. The van der Waals surface area contributed by atoms with Crippen molar-refractivity contribution < 1.29 is 8.42 Å². The first-order valence-corrected chi connectivity index (χ1v) is 7.83. The first kappa shape index (κ1) is 13.8. The number of aromatic nitrogens is 1. The third-order valence-electron chi connectivity index (χ3n) is 2.95. The van der Waals surface area contributed by atoms with Gasteiger partial charge in [0.1, 0.15) is 0 Å². The molecule has 0 spiro atoms. The first-order chi connectivity index (χ1) is 9.07. The summed E-state index contributed by atoms with van der Waals surface area (Å²) in [6, 6.07) is 13.1. The molecule has 0 amide bonds. The first-order valence-electron chi connectivity index (χ1n) is 6.18. The van der Waals surface area contributed by atoms with E-state index in [4.69, 9.17) is 0 Å². The van der Waals surface area contributed by atoms with Crippen LogP contribution in [0, 0.1) is 0 Å². The number of nitrogens with one attached hydrogen (secondary N) is 1. The van der Waals surface area contributed by atoms with Gasteiger partial charge < -0.3 is 4.57 Å². The molecule has 2 rings (SSSR count). The highest BCUT2D eigenvalue weighted by atomic mass is 32.2. The van der Waals surface area contributed by atoms with E-state index in [1.807, 2.05) is 60.3 Å². The average molecular weight is 278 g/mol. The monoisotopic (exact) mass is 278 g/mol. The Labute approximate surface area is 114 Å². The van der Waals surface area contributed by atoms with Gasteiger partial charge in [-0.15, -0.1) is 0 Å². The van der Waals surface area contributed by atoms with Gasteiger partial charge >= 0.3 is 0 Å². The maximum atomic E-state index is 11.9. The van der Waals surface area contributed by atoms with Crippen molar-refractivity contribution in [3.63, 3.8) is 0 Å². The molecule has 5 heteroatoms. The normalized spacial score (nSPS) is 11.6. The highest BCUT2D eigenvalue weighted by Gasteiger charge is 2.10. The third kappa shape index (κ3) is 4.22. The van der Waals surface area contributed by atoms with Gasteiger partial charge in [-0.05, 0) is 17.7 Å². The molecule has 0 fully saturated rings. The van der Waals surface area contributed by atoms with Crippen molar-refractivity contribution in [2.75, 3.05) is 6.54 Å². The van der Waals surface area contributed by atoms with Crippen LogP contribution in [-0.4, -0.2) is 19.5 Å². The Morgan fingerprint density at radius 3 is 2.47 bits per heavy atom. The number of nitrogens with zero attached hydrogens (tertiary/aromatic N) is 1. The Hall–Kier alpha value is -1.59. The van der Waals surface area contributed by atoms with Gasteiger partial charge in [0.2, 0.25) is 10.0 Å². The van der Waals surface area contributed by atoms with Crippen LogP contribution < -0.4 is 4.72 Å². The summed E-state index contributed by atoms with van der Waals surface area (Å²) >= 11 is 0. The Balaban J connectivity index is 1.86. The molecule has 0 bridgehead atoms. The number of sulfonamides is 1. The molecule has 4 nitrogen and oxygen atoms in total. The predicted molar refractivity (Wildman–Crippen MR) is 76.2 cm³/mol. The summed E-state index contributed by atoms with van der Waals surface area (Å²) in [4.78, 5) is 0. The predicted octanol–water partition coefficient (Wildman–Crippen LogP) is 1.69. The van der Waals surface area contributed by atoms with Crippen molar-refractivity contribution in [3.8, 4) is 0 Å². The van der Waals surface area contributed by atoms with E-state index in [1.54, 1.807) is 0 Å². The van der Waals surface area contributed by atoms with Crippen LogP contribution in [0.3, 0.4) is 0 Å². The molecule has 1 aromatic heterocycles. The molecule has 0 aliphatic rings. The number of rotatable bonds is 6. The molecular formula is C14H18N2O2S.